The molecule has 35 heteroatoms. The van der Waals surface area contributed by atoms with Gasteiger partial charge < -0.3 is 69.9 Å². The number of esters is 4. The molecule has 648 valence electrons. The standard InChI is InChI=1S/C21H20Cl2O4.C20H18Cl2O4.C13H14Cl2O3.C12H12Cl2O3.C8H6Cl2O3.C8H9NO2.C5H9Br.2Li.2H2O/c1-26-21(25)14-8-6-13(7-9-14)10-19(24)15-11-17(22)20(18(23)12-15)27-16-4-2-3-5-16;21-16-10-14(11-17(22)19(16)26-15-3-1-2-4-15)18(23)9-12-5-7-13(8-6-12)20(24)25;1-17-13(16)8-6-10(14)12(11(15)7-8)18-9-4-2-3-5-9;13-9-5-7(12(15)16)6-10(14)11(9)17-8-3-1-2-4-8;1-13-8(12)4-2-5(9)7(11)6(10)3-4;1-11-8(10)6-2-4-7(9)5-3-6;6-5-3-1-2-4-5;;;;/h6-9,11-12,16H,2-5,10H2,1H3;5-8,10-11,15H,1-4,9H2,(H,24,25);6-7,9H,2-5H2,1H3;5-6,8H,1-4H2,(H,15,16);2-3,11H,1H3;2-5H,9H2,1H3;5H,1-4H2;;;2*1H2/q;;;;;;;2*+1;;/p-2. The summed E-state index contributed by atoms with van der Waals surface area (Å²) in [5, 5.41) is 29.5. The largest absolute Gasteiger partial charge is 1.00 e. The Balaban J connectivity index is 0.000000379. The van der Waals surface area contributed by atoms with Crippen molar-refractivity contribution in [2.24, 2.45) is 0 Å². The number of Topliss-reactive ketones (excluding diaryl/α,β-unsaturated/α-hetero) is 2. The van der Waals surface area contributed by atoms with Crippen molar-refractivity contribution in [3.63, 3.8) is 0 Å². The zero-order valence-corrected chi connectivity index (χ0v) is 76.8. The first kappa shape index (κ1) is 109. The number of aromatic hydroxyl groups is 1. The minimum atomic E-state index is -1.05. The first-order valence-corrected chi connectivity index (χ1v) is 42.3. The monoisotopic (exact) mass is 1930 g/mol. The SMILES string of the molecule is BrC1CCCC1.COC(=O)c1cc(Cl)c(O)c(Cl)c1.COC(=O)c1cc(Cl)c(OC2CCCC2)c(Cl)c1.COC(=O)c1ccc(CC(=O)c2cc(Cl)c(OC3CCCC3)c(Cl)c2)cc1.COC(=O)c1ccc(N)cc1.O=C(O)c1cc(Cl)c(OC2CCCC2)c(Cl)c1.O=C(O)c1ccc(CC(=O)c2cc(Cl)c(OC3CCCC3)c(Cl)c2)cc1.[Li+].[Li+].[OH-].[OH-]. The summed E-state index contributed by atoms with van der Waals surface area (Å²) in [6, 6.07) is 34.2. The molecule has 5 saturated carbocycles. The van der Waals surface area contributed by atoms with Crippen LogP contribution in [0, 0.1) is 0 Å². The van der Waals surface area contributed by atoms with Gasteiger partial charge in [0, 0.05) is 34.5 Å². The summed E-state index contributed by atoms with van der Waals surface area (Å²) in [7, 11) is 5.23. The van der Waals surface area contributed by atoms with Crippen LogP contribution < -0.4 is 62.4 Å². The van der Waals surface area contributed by atoms with Crippen LogP contribution in [-0.2, 0) is 31.8 Å². The van der Waals surface area contributed by atoms with Gasteiger partial charge in [-0.2, -0.15) is 0 Å². The number of nitrogens with two attached hydrogens (primary N) is 1. The molecule has 8 aromatic rings. The van der Waals surface area contributed by atoms with Gasteiger partial charge in [0.25, 0.3) is 0 Å². The number of aromatic carboxylic acids is 2. The number of carboxylic acid groups (broad SMARTS) is 2. The Kier molecular flexibility index (Phi) is 49.9. The molecule has 122 heavy (non-hydrogen) atoms. The van der Waals surface area contributed by atoms with E-state index in [1.54, 1.807) is 84.9 Å². The van der Waals surface area contributed by atoms with Crippen molar-refractivity contribution in [3.8, 4) is 28.7 Å². The van der Waals surface area contributed by atoms with E-state index in [0.717, 1.165) is 106 Å². The summed E-state index contributed by atoms with van der Waals surface area (Å²) in [6.07, 6.45) is 23.7. The van der Waals surface area contributed by atoms with Crippen LogP contribution >= 0.6 is 132 Å². The van der Waals surface area contributed by atoms with E-state index in [2.05, 4.69) is 34.9 Å². The Morgan fingerprint density at radius 2 is 0.541 bits per heavy atom. The number of carbonyl (C=O) groups excluding carboxylic acids is 6. The van der Waals surface area contributed by atoms with Crippen molar-refractivity contribution < 1.29 is 140 Å². The second kappa shape index (κ2) is 55.6. The Hall–Kier alpha value is -6.79. The molecule has 0 heterocycles. The maximum atomic E-state index is 12.6. The molecule has 0 atom stereocenters. The van der Waals surface area contributed by atoms with Crippen LogP contribution in [0.25, 0.3) is 0 Å². The fourth-order valence-electron chi connectivity index (χ4n) is 12.7. The van der Waals surface area contributed by atoms with Crippen LogP contribution in [0.1, 0.15) is 222 Å². The van der Waals surface area contributed by atoms with E-state index in [4.69, 9.17) is 156 Å². The first-order chi connectivity index (χ1) is 56.3. The van der Waals surface area contributed by atoms with Crippen molar-refractivity contribution in [2.45, 2.75) is 171 Å². The average Bonchev–Trinajstić information content (AvgIpc) is 1.16. The predicted octanol–water partition coefficient (Wildman–Crippen LogP) is 18.6. The molecule has 0 amide bonds. The van der Waals surface area contributed by atoms with E-state index in [1.807, 2.05) is 0 Å². The number of phenols is 1. The molecule has 5 aliphatic carbocycles. The number of ketones is 2. The Labute approximate surface area is 790 Å². The van der Waals surface area contributed by atoms with E-state index in [1.165, 1.54) is 115 Å². The van der Waals surface area contributed by atoms with Gasteiger partial charge in [-0.05, 0) is 236 Å². The molecular weight excluding hydrogens is 1840 g/mol. The molecule has 0 radical (unpaired) electrons. The molecule has 8 aromatic carbocycles. The van der Waals surface area contributed by atoms with E-state index in [0.29, 0.717) is 86.6 Å². The van der Waals surface area contributed by atoms with Crippen molar-refractivity contribution in [3.05, 3.63) is 239 Å². The zero-order chi connectivity index (χ0) is 86.3. The molecule has 0 bridgehead atoms. The van der Waals surface area contributed by atoms with Gasteiger partial charge in [-0.15, -0.1) is 0 Å². The van der Waals surface area contributed by atoms with Crippen LogP contribution in [0.4, 0.5) is 5.69 Å². The normalized spacial score (nSPS) is 13.9. The zero-order valence-electron chi connectivity index (χ0n) is 67.6. The minimum absolute atomic E-state index is 0. The number of nitrogen functional groups attached to an aromatic ring is 1. The number of carbonyl (C=O) groups is 8. The van der Waals surface area contributed by atoms with Gasteiger partial charge in [0.15, 0.2) is 40.3 Å². The molecule has 7 N–H and O–H groups in total. The number of carboxylic acids is 2. The number of alkyl halides is 1. The predicted molar refractivity (Wildman–Crippen MR) is 470 cm³/mol. The van der Waals surface area contributed by atoms with Crippen molar-refractivity contribution in [1.82, 2.24) is 0 Å². The van der Waals surface area contributed by atoms with Crippen molar-refractivity contribution in [2.75, 3.05) is 34.2 Å². The molecule has 0 unspecified atom stereocenters. The summed E-state index contributed by atoms with van der Waals surface area (Å²) in [4.78, 5) is 92.4. The maximum absolute atomic E-state index is 12.6. The summed E-state index contributed by atoms with van der Waals surface area (Å²) >= 11 is 64.1. The molecule has 5 fully saturated rings. The third-order valence-electron chi connectivity index (χ3n) is 19.0. The fourth-order valence-corrected chi connectivity index (χ4v) is 16.1. The average molecular weight is 1930 g/mol. The fraction of sp³-hybridized carbons (Fsp3) is 0.356. The van der Waals surface area contributed by atoms with Gasteiger partial charge in [0.05, 0.1) is 136 Å². The maximum Gasteiger partial charge on any atom is 1.00 e. The summed E-state index contributed by atoms with van der Waals surface area (Å²) in [5.74, 6) is -2.60. The quantitative estimate of drug-likeness (QED) is 0.0137. The van der Waals surface area contributed by atoms with Gasteiger partial charge in [-0.3, -0.25) is 9.59 Å². The third kappa shape index (κ3) is 34.9. The number of phenolic OH excluding ortho intramolecular Hbond substituents is 1. The van der Waals surface area contributed by atoms with Gasteiger partial charge in [0.1, 0.15) is 0 Å². The van der Waals surface area contributed by atoms with Gasteiger partial charge in [0.2, 0.25) is 0 Å². The topological polar surface area (TPSA) is 357 Å². The van der Waals surface area contributed by atoms with Crippen LogP contribution in [0.3, 0.4) is 0 Å². The van der Waals surface area contributed by atoms with Crippen LogP contribution in [0.15, 0.2) is 133 Å². The number of rotatable bonds is 20. The van der Waals surface area contributed by atoms with Crippen LogP contribution in [-0.4, -0.2) is 131 Å². The smallest absolute Gasteiger partial charge is 0.870 e. The van der Waals surface area contributed by atoms with E-state index >= 15 is 0 Å². The second-order valence-corrected chi connectivity index (χ2v) is 33.0. The number of hydrogen-bond acceptors (Lipinski definition) is 20. The molecule has 0 aromatic heterocycles. The number of benzene rings is 8. The summed E-state index contributed by atoms with van der Waals surface area (Å²) < 4.78 is 41.5. The molecule has 0 aliphatic heterocycles. The van der Waals surface area contributed by atoms with Crippen molar-refractivity contribution in [1.29, 1.82) is 0 Å². The molecular formula is C87H90BrCl10Li2NO21. The van der Waals surface area contributed by atoms with Crippen molar-refractivity contribution >= 4 is 185 Å². The number of ether oxygens (including phenoxy) is 8. The molecule has 5 aliphatic rings. The Morgan fingerprint density at radius 1 is 0.328 bits per heavy atom. The summed E-state index contributed by atoms with van der Waals surface area (Å²) in [6.45, 7) is 0. The number of methoxy groups -OCH3 is 4. The number of anilines is 1. The molecule has 13 rings (SSSR count). The first-order valence-electron chi connectivity index (χ1n) is 37.6. The van der Waals surface area contributed by atoms with Gasteiger partial charge >= 0.3 is 73.5 Å². The number of hydrogen-bond donors (Lipinski definition) is 4. The molecule has 0 spiro atoms. The summed E-state index contributed by atoms with van der Waals surface area (Å²) in [5.41, 5.74) is 10.1. The van der Waals surface area contributed by atoms with Crippen LogP contribution in [0.2, 0.25) is 50.2 Å². The van der Waals surface area contributed by atoms with Crippen LogP contribution in [0.5, 0.6) is 28.7 Å². The molecule has 0 saturated heterocycles. The van der Waals surface area contributed by atoms with E-state index in [9.17, 15) is 38.4 Å². The van der Waals surface area contributed by atoms with E-state index in [-0.39, 0.29) is 146 Å². The second-order valence-electron chi connectivity index (χ2n) is 27.6. The van der Waals surface area contributed by atoms with Gasteiger partial charge in [-0.25, -0.2) is 28.8 Å². The Bertz CT molecular complexity index is 4660. The molecule has 22 nitrogen and oxygen atoms in total. The van der Waals surface area contributed by atoms with E-state index < -0.39 is 29.8 Å². The third-order valence-corrected chi connectivity index (χ3v) is 22.7. The minimum Gasteiger partial charge on any atom is -0.870 e. The Morgan fingerprint density at radius 3 is 0.779 bits per heavy atom. The van der Waals surface area contributed by atoms with Gasteiger partial charge in [-0.1, -0.05) is 169 Å². The number of halogens is 11.